The molecule has 0 spiro atoms. The van der Waals surface area contributed by atoms with Crippen LogP contribution in [0.15, 0.2) is 54.4 Å². The van der Waals surface area contributed by atoms with E-state index in [0.29, 0.717) is 31.8 Å². The average molecular weight is 495 g/mol. The third-order valence-corrected chi connectivity index (χ3v) is 5.77. The minimum Gasteiger partial charge on any atom is -0.459 e. The van der Waals surface area contributed by atoms with Gasteiger partial charge in [0.25, 0.3) is 11.6 Å². The number of nitro groups is 1. The molecule has 2 aromatic rings. The number of nitrogens with zero attached hydrogens (tertiary/aromatic N) is 2. The Labute approximate surface area is 209 Å². The molecule has 3 rings (SSSR count). The minimum absolute atomic E-state index is 0.0474. The quantitative estimate of drug-likeness (QED) is 0.177. The number of terminal acetylenes is 1. The maximum absolute atomic E-state index is 12.9. The summed E-state index contributed by atoms with van der Waals surface area (Å²) in [7, 11) is 0. The minimum atomic E-state index is -0.646. The second-order valence-electron chi connectivity index (χ2n) is 8.14. The van der Waals surface area contributed by atoms with Gasteiger partial charge in [-0.3, -0.25) is 14.9 Å². The number of carbonyl (C=O) groups is 1. The second kappa shape index (κ2) is 13.2. The number of rotatable bonds is 12. The molecule has 36 heavy (non-hydrogen) atoms. The van der Waals surface area contributed by atoms with E-state index in [-0.39, 0.29) is 42.3 Å². The van der Waals surface area contributed by atoms with Gasteiger partial charge >= 0.3 is 0 Å². The first kappa shape index (κ1) is 26.7. The van der Waals surface area contributed by atoms with Crippen LogP contribution < -0.4 is 10.6 Å². The Hall–Kier alpha value is -3.94. The van der Waals surface area contributed by atoms with Crippen LogP contribution in [-0.4, -0.2) is 53.5 Å². The van der Waals surface area contributed by atoms with Gasteiger partial charge in [0, 0.05) is 49.8 Å². The van der Waals surface area contributed by atoms with Crippen molar-refractivity contribution in [1.82, 2.24) is 10.3 Å². The number of hydrogen-bond donors (Lipinski definition) is 3. The van der Waals surface area contributed by atoms with Crippen molar-refractivity contribution in [2.24, 2.45) is 5.92 Å². The number of pyridine rings is 1. The first-order valence-electron chi connectivity index (χ1n) is 11.8. The van der Waals surface area contributed by atoms with E-state index in [0.717, 1.165) is 11.1 Å². The van der Waals surface area contributed by atoms with E-state index in [4.69, 9.17) is 15.9 Å². The van der Waals surface area contributed by atoms with Crippen molar-refractivity contribution in [3.63, 3.8) is 0 Å². The van der Waals surface area contributed by atoms with Crippen LogP contribution in [0.5, 0.6) is 0 Å². The topological polar surface area (TPSA) is 136 Å². The van der Waals surface area contributed by atoms with Crippen LogP contribution in [0.25, 0.3) is 0 Å². The molecule has 0 bridgehead atoms. The molecule has 3 N–H and O–H groups in total. The van der Waals surface area contributed by atoms with Gasteiger partial charge in [-0.25, -0.2) is 4.98 Å². The first-order chi connectivity index (χ1) is 17.5. The van der Waals surface area contributed by atoms with Crippen LogP contribution in [0.2, 0.25) is 0 Å². The molecule has 0 radical (unpaired) electrons. The summed E-state index contributed by atoms with van der Waals surface area (Å²) in [5.74, 6) is 2.57. The highest BCUT2D eigenvalue weighted by Crippen LogP contribution is 2.39. The number of hydrogen-bond acceptors (Lipinski definition) is 8. The molecular formula is C26H30N4O6. The van der Waals surface area contributed by atoms with Crippen molar-refractivity contribution in [1.29, 1.82) is 0 Å². The Balaban J connectivity index is 1.69. The normalized spacial score (nSPS) is 18.9. The number of carbonyl (C=O) groups excluding carboxylic acids is 1. The molecule has 3 atom stereocenters. The van der Waals surface area contributed by atoms with Crippen molar-refractivity contribution in [2.45, 2.75) is 32.0 Å². The average Bonchev–Trinajstić information content (AvgIpc) is 2.90. The smallest absolute Gasteiger partial charge is 0.287 e. The predicted molar refractivity (Wildman–Crippen MR) is 134 cm³/mol. The van der Waals surface area contributed by atoms with E-state index >= 15 is 0 Å². The van der Waals surface area contributed by atoms with Gasteiger partial charge in [0.15, 0.2) is 5.76 Å². The highest BCUT2D eigenvalue weighted by molar-refractivity contribution is 5.91. The number of allylic oxidation sites excluding steroid dienone is 1. The Morgan fingerprint density at radius 1 is 1.28 bits per heavy atom. The zero-order valence-electron chi connectivity index (χ0n) is 20.1. The molecule has 10 nitrogen and oxygen atoms in total. The maximum Gasteiger partial charge on any atom is 0.287 e. The molecule has 1 aromatic heterocycles. The molecule has 190 valence electrons. The lowest BCUT2D eigenvalue weighted by Gasteiger charge is -2.37. The monoisotopic (exact) mass is 494 g/mol. The van der Waals surface area contributed by atoms with Gasteiger partial charge in [0.1, 0.15) is 12.0 Å². The predicted octanol–water partition coefficient (Wildman–Crippen LogP) is 2.95. The number of aliphatic hydroxyl groups is 1. The Morgan fingerprint density at radius 3 is 2.67 bits per heavy atom. The zero-order chi connectivity index (χ0) is 25.9. The number of benzene rings is 1. The van der Waals surface area contributed by atoms with Gasteiger partial charge in [0.2, 0.25) is 6.29 Å². The Kier molecular flexibility index (Phi) is 9.80. The van der Waals surface area contributed by atoms with Crippen LogP contribution in [0.3, 0.4) is 0 Å². The summed E-state index contributed by atoms with van der Waals surface area (Å²) < 4.78 is 11.8. The molecule has 1 aromatic carbocycles. The van der Waals surface area contributed by atoms with Crippen LogP contribution in [-0.2, 0) is 14.3 Å². The Bertz CT molecular complexity index is 1090. The van der Waals surface area contributed by atoms with E-state index in [2.05, 4.69) is 21.5 Å². The number of aromatic nitrogens is 1. The lowest BCUT2D eigenvalue weighted by atomic mass is 9.80. The molecule has 1 aliphatic heterocycles. The lowest BCUT2D eigenvalue weighted by molar-refractivity contribution is -0.385. The summed E-state index contributed by atoms with van der Waals surface area (Å²) in [6.45, 7) is 2.94. The van der Waals surface area contributed by atoms with Crippen LogP contribution in [0, 0.1) is 28.4 Å². The fourth-order valence-corrected chi connectivity index (χ4v) is 4.00. The summed E-state index contributed by atoms with van der Waals surface area (Å²) in [4.78, 5) is 27.1. The molecule has 0 aliphatic carbocycles. The zero-order valence-corrected chi connectivity index (χ0v) is 20.1. The van der Waals surface area contributed by atoms with Gasteiger partial charge in [-0.05, 0) is 49.6 Å². The van der Waals surface area contributed by atoms with Crippen molar-refractivity contribution in [3.8, 4) is 12.3 Å². The van der Waals surface area contributed by atoms with Gasteiger partial charge in [0.05, 0.1) is 4.92 Å². The molecule has 1 aliphatic rings. The standard InChI is InChI=1S/C26H30N4O6/c1-3-18-7-9-19(10-8-18)22-16-23(36-26(35-4-2)21(22)6-5-15-31)25(32)28-14-13-27-24-12-11-20(17-29-24)30(33)34/h1,7-12,16-17,21-22,26,31H,4-6,13-15H2,2H3,(H,27,29)(H,28,32)/t21-,22-,26-/m0/s1. The fraction of sp³-hybridized carbons (Fsp3) is 0.385. The number of aliphatic hydroxyl groups excluding tert-OH is 1. The highest BCUT2D eigenvalue weighted by atomic mass is 16.7. The molecule has 10 heteroatoms. The highest BCUT2D eigenvalue weighted by Gasteiger charge is 2.37. The van der Waals surface area contributed by atoms with Gasteiger partial charge in [-0.1, -0.05) is 18.1 Å². The van der Waals surface area contributed by atoms with Crippen molar-refractivity contribution >= 4 is 17.4 Å². The number of nitrogens with one attached hydrogen (secondary N) is 2. The van der Waals surface area contributed by atoms with Crippen LogP contribution in [0.1, 0.15) is 36.8 Å². The third-order valence-electron chi connectivity index (χ3n) is 5.77. The third kappa shape index (κ3) is 7.04. The van der Waals surface area contributed by atoms with Crippen molar-refractivity contribution in [2.75, 3.05) is 31.6 Å². The molecule has 1 amide bonds. The van der Waals surface area contributed by atoms with Crippen molar-refractivity contribution < 1.29 is 24.3 Å². The summed E-state index contributed by atoms with van der Waals surface area (Å²) in [6, 6.07) is 10.4. The van der Waals surface area contributed by atoms with Gasteiger partial charge in [-0.15, -0.1) is 6.42 Å². The first-order valence-corrected chi connectivity index (χ1v) is 11.8. The molecule has 0 fully saturated rings. The molecule has 0 unspecified atom stereocenters. The Morgan fingerprint density at radius 2 is 2.06 bits per heavy atom. The van der Waals surface area contributed by atoms with Gasteiger partial charge in [-0.2, -0.15) is 0 Å². The summed E-state index contributed by atoms with van der Waals surface area (Å²) in [5, 5.41) is 25.9. The van der Waals surface area contributed by atoms with E-state index in [1.165, 1.54) is 18.3 Å². The van der Waals surface area contributed by atoms with E-state index < -0.39 is 11.2 Å². The van der Waals surface area contributed by atoms with Gasteiger partial charge < -0.3 is 25.2 Å². The van der Waals surface area contributed by atoms with Crippen LogP contribution in [0.4, 0.5) is 11.5 Å². The summed E-state index contributed by atoms with van der Waals surface area (Å²) >= 11 is 0. The van der Waals surface area contributed by atoms with E-state index in [9.17, 15) is 20.0 Å². The lowest BCUT2D eigenvalue weighted by Crippen LogP contribution is -2.39. The number of ether oxygens (including phenoxy) is 2. The number of anilines is 1. The summed E-state index contributed by atoms with van der Waals surface area (Å²) in [6.07, 6.45) is 9.03. The van der Waals surface area contributed by atoms with E-state index in [1.54, 1.807) is 6.08 Å². The fourth-order valence-electron chi connectivity index (χ4n) is 4.00. The SMILES string of the molecule is C#Cc1ccc([C@@H]2C=C(C(=O)NCCNc3ccc([N+](=O)[O-])cn3)O[C@H](OCC)[C@H]2CCCO)cc1. The second-order valence-corrected chi connectivity index (χ2v) is 8.14. The maximum atomic E-state index is 12.9. The largest absolute Gasteiger partial charge is 0.459 e. The number of amides is 1. The van der Waals surface area contributed by atoms with Crippen molar-refractivity contribution in [3.05, 3.63) is 75.7 Å². The van der Waals surface area contributed by atoms with E-state index in [1.807, 2.05) is 31.2 Å². The molecular weight excluding hydrogens is 464 g/mol. The molecule has 0 saturated heterocycles. The molecule has 2 heterocycles. The molecule has 0 saturated carbocycles. The summed E-state index contributed by atoms with van der Waals surface area (Å²) in [5.41, 5.74) is 1.64. The van der Waals surface area contributed by atoms with Crippen LogP contribution >= 0.6 is 0 Å².